The standard InChI is InChI=1S/C23H29N5.HI/c1-24-23(25-15-8-18-28-19-9-16-27-28)26-17-14-22(20-10-4-2-5-11-20)21-12-6-3-7-13-21;/h2-7,9-13,16,19,22H,8,14-15,17-18H2,1H3,(H2,24,25,26);1H. The van der Waals surface area contributed by atoms with Crippen molar-refractivity contribution in [2.24, 2.45) is 4.99 Å². The molecule has 2 aromatic carbocycles. The summed E-state index contributed by atoms with van der Waals surface area (Å²) in [5, 5.41) is 11.1. The molecule has 0 radical (unpaired) electrons. The quantitative estimate of drug-likeness (QED) is 0.199. The molecule has 0 aliphatic rings. The first-order chi connectivity index (χ1) is 13.9. The van der Waals surface area contributed by atoms with Crippen LogP contribution in [-0.4, -0.2) is 35.9 Å². The zero-order valence-corrected chi connectivity index (χ0v) is 19.2. The Kier molecular flexibility index (Phi) is 10.3. The number of aromatic nitrogens is 2. The molecule has 6 heteroatoms. The van der Waals surface area contributed by atoms with Crippen molar-refractivity contribution in [3.05, 3.63) is 90.3 Å². The lowest BCUT2D eigenvalue weighted by molar-refractivity contribution is 0.569. The molecule has 0 spiro atoms. The molecule has 0 amide bonds. The summed E-state index contributed by atoms with van der Waals surface area (Å²) in [5.74, 6) is 1.22. The van der Waals surface area contributed by atoms with Gasteiger partial charge in [-0.1, -0.05) is 60.7 Å². The molecule has 29 heavy (non-hydrogen) atoms. The number of guanidine groups is 1. The Hall–Kier alpha value is -2.35. The molecule has 0 aliphatic carbocycles. The van der Waals surface area contributed by atoms with E-state index in [1.54, 1.807) is 0 Å². The van der Waals surface area contributed by atoms with E-state index in [1.807, 2.05) is 30.2 Å². The van der Waals surface area contributed by atoms with Crippen molar-refractivity contribution in [1.82, 2.24) is 20.4 Å². The summed E-state index contributed by atoms with van der Waals surface area (Å²) in [5.41, 5.74) is 2.69. The highest BCUT2D eigenvalue weighted by Gasteiger charge is 2.13. The number of halogens is 1. The lowest BCUT2D eigenvalue weighted by Gasteiger charge is -2.19. The van der Waals surface area contributed by atoms with Crippen LogP contribution in [0.3, 0.4) is 0 Å². The van der Waals surface area contributed by atoms with Gasteiger partial charge in [-0.15, -0.1) is 24.0 Å². The van der Waals surface area contributed by atoms with Crippen molar-refractivity contribution in [3.8, 4) is 0 Å². The molecule has 1 heterocycles. The van der Waals surface area contributed by atoms with Gasteiger partial charge in [-0.25, -0.2) is 0 Å². The van der Waals surface area contributed by atoms with Gasteiger partial charge in [0.2, 0.25) is 0 Å². The molecular weight excluding hydrogens is 473 g/mol. The molecule has 3 rings (SSSR count). The molecule has 0 bridgehead atoms. The third-order valence-electron chi connectivity index (χ3n) is 4.77. The molecule has 0 aliphatic heterocycles. The van der Waals surface area contributed by atoms with Gasteiger partial charge in [0.05, 0.1) is 0 Å². The van der Waals surface area contributed by atoms with Gasteiger partial charge < -0.3 is 10.6 Å². The van der Waals surface area contributed by atoms with Crippen LogP contribution in [-0.2, 0) is 6.54 Å². The average Bonchev–Trinajstić information content (AvgIpc) is 3.27. The van der Waals surface area contributed by atoms with Gasteiger partial charge in [0, 0.05) is 45.0 Å². The van der Waals surface area contributed by atoms with E-state index in [0.29, 0.717) is 5.92 Å². The minimum absolute atomic E-state index is 0. The van der Waals surface area contributed by atoms with Gasteiger partial charge in [-0.2, -0.15) is 5.10 Å². The van der Waals surface area contributed by atoms with Crippen LogP contribution in [0, 0.1) is 0 Å². The summed E-state index contributed by atoms with van der Waals surface area (Å²) in [6.07, 6.45) is 5.80. The van der Waals surface area contributed by atoms with Crippen molar-refractivity contribution in [2.75, 3.05) is 20.1 Å². The molecule has 0 saturated heterocycles. The SMILES string of the molecule is CN=C(NCCCn1cccn1)NCCC(c1ccccc1)c1ccccc1.I. The molecule has 1 aromatic heterocycles. The maximum atomic E-state index is 4.34. The molecule has 3 aromatic rings. The molecule has 0 fully saturated rings. The minimum Gasteiger partial charge on any atom is -0.356 e. The van der Waals surface area contributed by atoms with E-state index in [4.69, 9.17) is 0 Å². The van der Waals surface area contributed by atoms with E-state index in [1.165, 1.54) is 11.1 Å². The van der Waals surface area contributed by atoms with Crippen LogP contribution >= 0.6 is 24.0 Å². The zero-order valence-electron chi connectivity index (χ0n) is 16.9. The van der Waals surface area contributed by atoms with Crippen LogP contribution in [0.1, 0.15) is 29.9 Å². The van der Waals surface area contributed by atoms with Gasteiger partial charge in [-0.3, -0.25) is 9.67 Å². The highest BCUT2D eigenvalue weighted by molar-refractivity contribution is 14.0. The fraction of sp³-hybridized carbons (Fsp3) is 0.304. The van der Waals surface area contributed by atoms with Crippen LogP contribution in [0.25, 0.3) is 0 Å². The molecule has 0 saturated carbocycles. The summed E-state index contributed by atoms with van der Waals surface area (Å²) >= 11 is 0. The molecule has 5 nitrogen and oxygen atoms in total. The summed E-state index contributed by atoms with van der Waals surface area (Å²) in [6.45, 7) is 2.62. The number of rotatable bonds is 9. The predicted molar refractivity (Wildman–Crippen MR) is 131 cm³/mol. The minimum atomic E-state index is 0. The van der Waals surface area contributed by atoms with Crippen molar-refractivity contribution >= 4 is 29.9 Å². The third-order valence-corrected chi connectivity index (χ3v) is 4.77. The van der Waals surface area contributed by atoms with Gasteiger partial charge in [0.1, 0.15) is 0 Å². The van der Waals surface area contributed by atoms with Gasteiger partial charge in [-0.05, 0) is 30.0 Å². The van der Waals surface area contributed by atoms with Crippen LogP contribution in [0.2, 0.25) is 0 Å². The first kappa shape index (κ1) is 22.9. The number of aryl methyl sites for hydroxylation is 1. The number of nitrogens with zero attached hydrogens (tertiary/aromatic N) is 3. The fourth-order valence-corrected chi connectivity index (χ4v) is 3.33. The van der Waals surface area contributed by atoms with Crippen LogP contribution in [0.5, 0.6) is 0 Å². The van der Waals surface area contributed by atoms with Gasteiger partial charge >= 0.3 is 0 Å². The van der Waals surface area contributed by atoms with Crippen molar-refractivity contribution in [1.29, 1.82) is 0 Å². The predicted octanol–water partition coefficient (Wildman–Crippen LogP) is 4.28. The Morgan fingerprint density at radius 3 is 2.10 bits per heavy atom. The Balaban J connectivity index is 0.00000300. The number of hydrogen-bond donors (Lipinski definition) is 2. The first-order valence-corrected chi connectivity index (χ1v) is 9.88. The van der Waals surface area contributed by atoms with E-state index >= 15 is 0 Å². The van der Waals surface area contributed by atoms with Crippen LogP contribution in [0.4, 0.5) is 0 Å². The van der Waals surface area contributed by atoms with Crippen molar-refractivity contribution in [2.45, 2.75) is 25.3 Å². The fourth-order valence-electron chi connectivity index (χ4n) is 3.33. The Morgan fingerprint density at radius 1 is 0.931 bits per heavy atom. The van der Waals surface area contributed by atoms with E-state index in [2.05, 4.69) is 81.4 Å². The second-order valence-corrected chi connectivity index (χ2v) is 6.71. The number of hydrogen-bond acceptors (Lipinski definition) is 2. The largest absolute Gasteiger partial charge is 0.356 e. The molecular formula is C23H30IN5. The van der Waals surface area contributed by atoms with Gasteiger partial charge in [0.25, 0.3) is 0 Å². The van der Waals surface area contributed by atoms with Gasteiger partial charge in [0.15, 0.2) is 5.96 Å². The van der Waals surface area contributed by atoms with E-state index in [-0.39, 0.29) is 24.0 Å². The summed E-state index contributed by atoms with van der Waals surface area (Å²) < 4.78 is 1.95. The molecule has 0 atom stereocenters. The lowest BCUT2D eigenvalue weighted by Crippen LogP contribution is -2.38. The summed E-state index contributed by atoms with van der Waals surface area (Å²) in [4.78, 5) is 4.34. The highest BCUT2D eigenvalue weighted by Crippen LogP contribution is 2.27. The van der Waals surface area contributed by atoms with Crippen LogP contribution < -0.4 is 10.6 Å². The van der Waals surface area contributed by atoms with E-state index in [0.717, 1.165) is 38.4 Å². The van der Waals surface area contributed by atoms with Crippen LogP contribution in [0.15, 0.2) is 84.1 Å². The maximum Gasteiger partial charge on any atom is 0.190 e. The second-order valence-electron chi connectivity index (χ2n) is 6.71. The highest BCUT2D eigenvalue weighted by atomic mass is 127. The maximum absolute atomic E-state index is 4.34. The molecule has 2 N–H and O–H groups in total. The van der Waals surface area contributed by atoms with E-state index in [9.17, 15) is 0 Å². The number of benzene rings is 2. The summed E-state index contributed by atoms with van der Waals surface area (Å²) in [6, 6.07) is 23.4. The monoisotopic (exact) mass is 503 g/mol. The second kappa shape index (κ2) is 13.0. The Morgan fingerprint density at radius 2 is 1.55 bits per heavy atom. The molecule has 154 valence electrons. The van der Waals surface area contributed by atoms with Crippen molar-refractivity contribution < 1.29 is 0 Å². The average molecular weight is 503 g/mol. The lowest BCUT2D eigenvalue weighted by atomic mass is 9.88. The summed E-state index contributed by atoms with van der Waals surface area (Å²) in [7, 11) is 1.81. The number of aliphatic imine (C=N–C) groups is 1. The first-order valence-electron chi connectivity index (χ1n) is 9.88. The third kappa shape index (κ3) is 7.53. The normalized spacial score (nSPS) is 11.2. The Bertz CT molecular complexity index is 779. The number of nitrogens with one attached hydrogen (secondary N) is 2. The zero-order chi connectivity index (χ0) is 19.4. The topological polar surface area (TPSA) is 54.2 Å². The van der Waals surface area contributed by atoms with E-state index < -0.39 is 0 Å². The smallest absolute Gasteiger partial charge is 0.190 e. The Labute approximate surface area is 190 Å². The molecule has 0 unspecified atom stereocenters. The van der Waals surface area contributed by atoms with Crippen molar-refractivity contribution in [3.63, 3.8) is 0 Å².